The molecule has 0 aromatic heterocycles. The Balaban J connectivity index is 2.41. The van der Waals surface area contributed by atoms with Gasteiger partial charge in [0.2, 0.25) is 10.0 Å². The minimum atomic E-state index is -3.52. The summed E-state index contributed by atoms with van der Waals surface area (Å²) in [7, 11) is 0.430. The lowest BCUT2D eigenvalue weighted by atomic mass is 10.2. The lowest BCUT2D eigenvalue weighted by Crippen LogP contribution is -2.46. The average molecular weight is 363 g/mol. The fourth-order valence-electron chi connectivity index (χ4n) is 2.68. The molecule has 1 aromatic carbocycles. The summed E-state index contributed by atoms with van der Waals surface area (Å²) in [4.78, 5) is 2.37. The summed E-state index contributed by atoms with van der Waals surface area (Å²) >= 11 is 7.95. The van der Waals surface area contributed by atoms with E-state index in [9.17, 15) is 8.42 Å². The molecule has 4 nitrogen and oxygen atoms in total. The van der Waals surface area contributed by atoms with Crippen LogP contribution in [0.3, 0.4) is 0 Å². The van der Waals surface area contributed by atoms with Crippen molar-refractivity contribution in [2.45, 2.75) is 24.3 Å². The van der Waals surface area contributed by atoms with Gasteiger partial charge in [-0.1, -0.05) is 17.7 Å². The Morgan fingerprint density at radius 3 is 2.82 bits per heavy atom. The number of nitrogens with zero attached hydrogens (tertiary/aromatic N) is 2. The van der Waals surface area contributed by atoms with Gasteiger partial charge in [0.1, 0.15) is 0 Å². The standard InChI is InChI=1S/C15H23ClN2O2S2/c1-12-14(16)6-4-7-15(12)22(19,20)18-8-5-9-21-11-13(18)10-17(2)3/h4,6-7,13H,5,8-11H2,1-3H3/t13-/m0/s1. The molecule has 0 saturated carbocycles. The van der Waals surface area contributed by atoms with Gasteiger partial charge in [0.15, 0.2) is 0 Å². The van der Waals surface area contributed by atoms with Crippen molar-refractivity contribution < 1.29 is 8.42 Å². The van der Waals surface area contributed by atoms with Crippen LogP contribution in [0, 0.1) is 6.92 Å². The van der Waals surface area contributed by atoms with Gasteiger partial charge >= 0.3 is 0 Å². The fraction of sp³-hybridized carbons (Fsp3) is 0.600. The van der Waals surface area contributed by atoms with E-state index in [4.69, 9.17) is 11.6 Å². The maximum absolute atomic E-state index is 13.1. The van der Waals surface area contributed by atoms with Crippen molar-refractivity contribution >= 4 is 33.4 Å². The zero-order chi connectivity index (χ0) is 16.3. The maximum atomic E-state index is 13.1. The van der Waals surface area contributed by atoms with E-state index in [1.807, 2.05) is 30.8 Å². The van der Waals surface area contributed by atoms with Crippen LogP contribution in [0.2, 0.25) is 5.02 Å². The normalized spacial score (nSPS) is 21.0. The van der Waals surface area contributed by atoms with Crippen LogP contribution in [-0.4, -0.2) is 62.4 Å². The predicted octanol–water partition coefficient (Wildman–Crippen LogP) is 2.71. The van der Waals surface area contributed by atoms with Crippen LogP contribution < -0.4 is 0 Å². The molecule has 0 N–H and O–H groups in total. The number of rotatable bonds is 4. The molecule has 1 atom stereocenters. The summed E-state index contributed by atoms with van der Waals surface area (Å²) in [5.74, 6) is 1.83. The molecule has 1 saturated heterocycles. The quantitative estimate of drug-likeness (QED) is 0.825. The van der Waals surface area contributed by atoms with Crippen molar-refractivity contribution in [2.24, 2.45) is 0 Å². The second kappa shape index (κ2) is 7.53. The van der Waals surface area contributed by atoms with Crippen molar-refractivity contribution in [3.8, 4) is 0 Å². The minimum absolute atomic E-state index is 0.00844. The van der Waals surface area contributed by atoms with Gasteiger partial charge in [-0.05, 0) is 50.9 Å². The summed E-state index contributed by atoms with van der Waals surface area (Å²) in [6.45, 7) is 3.06. The minimum Gasteiger partial charge on any atom is -0.308 e. The van der Waals surface area contributed by atoms with Gasteiger partial charge in [-0.2, -0.15) is 16.1 Å². The Hall–Kier alpha value is -0.270. The van der Waals surface area contributed by atoms with Crippen LogP contribution in [0.15, 0.2) is 23.1 Å². The average Bonchev–Trinajstić information content (AvgIpc) is 2.67. The van der Waals surface area contributed by atoms with E-state index in [0.29, 0.717) is 22.0 Å². The monoisotopic (exact) mass is 362 g/mol. The highest BCUT2D eigenvalue weighted by Gasteiger charge is 2.34. The topological polar surface area (TPSA) is 40.6 Å². The number of hydrogen-bond donors (Lipinski definition) is 0. The predicted molar refractivity (Wildman–Crippen MR) is 94.4 cm³/mol. The van der Waals surface area contributed by atoms with Crippen LogP contribution in [0.25, 0.3) is 0 Å². The highest BCUT2D eigenvalue weighted by molar-refractivity contribution is 7.99. The molecule has 0 radical (unpaired) electrons. The van der Waals surface area contributed by atoms with Crippen LogP contribution in [0.4, 0.5) is 0 Å². The number of likely N-dealkylation sites (N-methyl/N-ethyl adjacent to an activating group) is 1. The molecule has 1 aliphatic heterocycles. The van der Waals surface area contributed by atoms with Crippen molar-refractivity contribution in [3.05, 3.63) is 28.8 Å². The van der Waals surface area contributed by atoms with Crippen LogP contribution in [0.5, 0.6) is 0 Å². The van der Waals surface area contributed by atoms with E-state index in [1.54, 1.807) is 29.4 Å². The van der Waals surface area contributed by atoms with Crippen molar-refractivity contribution in [1.29, 1.82) is 0 Å². The molecule has 2 rings (SSSR count). The third-order valence-electron chi connectivity index (χ3n) is 3.77. The van der Waals surface area contributed by atoms with Crippen molar-refractivity contribution in [2.75, 3.05) is 38.7 Å². The Kier molecular flexibility index (Phi) is 6.19. The van der Waals surface area contributed by atoms with Gasteiger partial charge in [-0.25, -0.2) is 8.42 Å². The summed E-state index contributed by atoms with van der Waals surface area (Å²) in [6, 6.07) is 5.08. The molecule has 1 heterocycles. The number of sulfonamides is 1. The first-order valence-electron chi connectivity index (χ1n) is 7.33. The van der Waals surface area contributed by atoms with Gasteiger partial charge in [0, 0.05) is 29.9 Å². The summed E-state index contributed by atoms with van der Waals surface area (Å²) < 4.78 is 28.0. The molecule has 1 aromatic rings. The van der Waals surface area contributed by atoms with E-state index >= 15 is 0 Å². The Morgan fingerprint density at radius 2 is 2.14 bits per heavy atom. The smallest absolute Gasteiger partial charge is 0.243 e. The Morgan fingerprint density at radius 1 is 1.41 bits per heavy atom. The third-order valence-corrected chi connectivity index (χ3v) is 7.47. The lowest BCUT2D eigenvalue weighted by Gasteiger charge is -2.31. The second-order valence-electron chi connectivity index (χ2n) is 5.82. The zero-order valence-electron chi connectivity index (χ0n) is 13.3. The number of benzene rings is 1. The molecule has 0 unspecified atom stereocenters. The summed E-state index contributed by atoms with van der Waals surface area (Å²) in [5.41, 5.74) is 0.629. The van der Waals surface area contributed by atoms with Crippen LogP contribution >= 0.6 is 23.4 Å². The summed E-state index contributed by atoms with van der Waals surface area (Å²) in [5, 5.41) is 0.495. The molecule has 0 amide bonds. The van der Waals surface area contributed by atoms with E-state index in [-0.39, 0.29) is 6.04 Å². The molecule has 22 heavy (non-hydrogen) atoms. The molecule has 7 heteroatoms. The first-order chi connectivity index (χ1) is 10.3. The van der Waals surface area contributed by atoms with E-state index in [2.05, 4.69) is 0 Å². The third kappa shape index (κ3) is 3.97. The summed E-state index contributed by atoms with van der Waals surface area (Å²) in [6.07, 6.45) is 0.882. The first-order valence-corrected chi connectivity index (χ1v) is 10.3. The molecule has 0 spiro atoms. The molecule has 124 valence electrons. The van der Waals surface area contributed by atoms with Crippen LogP contribution in [-0.2, 0) is 10.0 Å². The first kappa shape index (κ1) is 18.1. The molecule has 1 fully saturated rings. The van der Waals surface area contributed by atoms with Gasteiger partial charge in [-0.15, -0.1) is 0 Å². The SMILES string of the molecule is Cc1c(Cl)cccc1S(=O)(=O)N1CCCSC[C@@H]1CN(C)C. The lowest BCUT2D eigenvalue weighted by molar-refractivity contribution is 0.271. The van der Waals surface area contributed by atoms with Gasteiger partial charge < -0.3 is 4.90 Å². The molecule has 1 aliphatic rings. The highest BCUT2D eigenvalue weighted by atomic mass is 35.5. The number of halogens is 1. The molecular formula is C15H23ClN2O2S2. The molecular weight excluding hydrogens is 340 g/mol. The van der Waals surface area contributed by atoms with Gasteiger partial charge in [0.25, 0.3) is 0 Å². The Bertz CT molecular complexity index is 620. The fourth-order valence-corrected chi connectivity index (χ4v) is 5.97. The van der Waals surface area contributed by atoms with Gasteiger partial charge in [0.05, 0.1) is 4.90 Å². The van der Waals surface area contributed by atoms with Crippen molar-refractivity contribution in [1.82, 2.24) is 9.21 Å². The van der Waals surface area contributed by atoms with Gasteiger partial charge in [-0.3, -0.25) is 0 Å². The molecule has 0 aliphatic carbocycles. The largest absolute Gasteiger partial charge is 0.308 e. The second-order valence-corrected chi connectivity index (χ2v) is 9.24. The number of hydrogen-bond acceptors (Lipinski definition) is 4. The number of thioether (sulfide) groups is 1. The zero-order valence-corrected chi connectivity index (χ0v) is 15.6. The van der Waals surface area contributed by atoms with E-state index in [1.165, 1.54) is 0 Å². The molecule has 0 bridgehead atoms. The van der Waals surface area contributed by atoms with E-state index < -0.39 is 10.0 Å². The van der Waals surface area contributed by atoms with Crippen LogP contribution in [0.1, 0.15) is 12.0 Å². The van der Waals surface area contributed by atoms with Crippen molar-refractivity contribution in [3.63, 3.8) is 0 Å². The maximum Gasteiger partial charge on any atom is 0.243 e. The Labute approximate surface area is 142 Å². The highest BCUT2D eigenvalue weighted by Crippen LogP contribution is 2.29. The van der Waals surface area contributed by atoms with E-state index in [0.717, 1.165) is 24.5 Å².